The lowest BCUT2D eigenvalue weighted by Gasteiger charge is -2.20. The Balaban J connectivity index is 2.20. The van der Waals surface area contributed by atoms with E-state index >= 15 is 0 Å². The van der Waals surface area contributed by atoms with Gasteiger partial charge in [-0.15, -0.1) is 0 Å². The normalized spacial score (nSPS) is 14.2. The van der Waals surface area contributed by atoms with Crippen LogP contribution in [0.5, 0.6) is 0 Å². The molecular weight excluding hydrogens is 252 g/mol. The highest BCUT2D eigenvalue weighted by molar-refractivity contribution is 5.48. The fourth-order valence-electron chi connectivity index (χ4n) is 2.30. The topological polar surface area (TPSA) is 63.8 Å². The molecule has 0 saturated heterocycles. The van der Waals surface area contributed by atoms with Crippen LogP contribution in [0.15, 0.2) is 22.7 Å². The van der Waals surface area contributed by atoms with Crippen molar-refractivity contribution in [3.8, 4) is 11.5 Å². The number of rotatable bonds is 6. The van der Waals surface area contributed by atoms with Gasteiger partial charge in [0.15, 0.2) is 0 Å². The molecule has 2 aromatic rings. The highest BCUT2D eigenvalue weighted by Crippen LogP contribution is 2.22. The Hall–Kier alpha value is -1.75. The maximum Gasteiger partial charge on any atom is 0.231 e. The summed E-state index contributed by atoms with van der Waals surface area (Å²) < 4.78 is 5.41. The van der Waals surface area contributed by atoms with E-state index in [2.05, 4.69) is 41.2 Å². The van der Waals surface area contributed by atoms with Gasteiger partial charge in [-0.25, -0.2) is 4.98 Å². The predicted molar refractivity (Wildman–Crippen MR) is 78.4 cm³/mol. The maximum atomic E-state index is 5.41. The van der Waals surface area contributed by atoms with E-state index in [4.69, 9.17) is 4.52 Å². The van der Waals surface area contributed by atoms with Crippen molar-refractivity contribution in [3.05, 3.63) is 29.8 Å². The predicted octanol–water partition coefficient (Wildman–Crippen LogP) is 2.93. The van der Waals surface area contributed by atoms with Crippen molar-refractivity contribution < 1.29 is 4.52 Å². The quantitative estimate of drug-likeness (QED) is 0.877. The van der Waals surface area contributed by atoms with E-state index in [1.165, 1.54) is 0 Å². The summed E-state index contributed by atoms with van der Waals surface area (Å²) in [7, 11) is 0. The minimum atomic E-state index is 0.186. The molecule has 2 rings (SSSR count). The molecule has 0 aromatic carbocycles. The Labute approximate surface area is 119 Å². The van der Waals surface area contributed by atoms with E-state index in [0.717, 1.165) is 24.4 Å². The van der Waals surface area contributed by atoms with Gasteiger partial charge in [-0.2, -0.15) is 4.98 Å². The molecule has 0 fully saturated rings. The van der Waals surface area contributed by atoms with Crippen LogP contribution in [0.2, 0.25) is 0 Å². The largest absolute Gasteiger partial charge is 0.339 e. The lowest BCUT2D eigenvalue weighted by Crippen LogP contribution is -2.33. The number of pyridine rings is 1. The van der Waals surface area contributed by atoms with Gasteiger partial charge in [0.1, 0.15) is 5.69 Å². The molecular formula is C15H22N4O. The summed E-state index contributed by atoms with van der Waals surface area (Å²) in [6.45, 7) is 9.25. The van der Waals surface area contributed by atoms with Gasteiger partial charge in [0.2, 0.25) is 11.7 Å². The first-order valence-electron chi connectivity index (χ1n) is 7.16. The van der Waals surface area contributed by atoms with Crippen molar-refractivity contribution >= 4 is 0 Å². The average molecular weight is 274 g/mol. The number of nitrogens with one attached hydrogen (secondary N) is 1. The lowest BCUT2D eigenvalue weighted by molar-refractivity contribution is 0.321. The maximum absolute atomic E-state index is 5.41. The van der Waals surface area contributed by atoms with Gasteiger partial charge in [0.25, 0.3) is 0 Å². The first-order valence-corrected chi connectivity index (χ1v) is 7.16. The van der Waals surface area contributed by atoms with Gasteiger partial charge in [-0.05, 0) is 32.0 Å². The highest BCUT2D eigenvalue weighted by atomic mass is 16.5. The van der Waals surface area contributed by atoms with E-state index in [0.29, 0.717) is 17.8 Å². The molecule has 0 aliphatic carbocycles. The second-order valence-electron chi connectivity index (χ2n) is 4.98. The number of hydrogen-bond acceptors (Lipinski definition) is 5. The molecule has 0 radical (unpaired) electrons. The molecule has 0 saturated carbocycles. The monoisotopic (exact) mass is 274 g/mol. The van der Waals surface area contributed by atoms with Crippen LogP contribution in [0.3, 0.4) is 0 Å². The van der Waals surface area contributed by atoms with Gasteiger partial charge < -0.3 is 9.84 Å². The molecule has 2 atom stereocenters. The number of likely N-dealkylation sites (N-methyl/N-ethyl adjacent to an activating group) is 1. The summed E-state index contributed by atoms with van der Waals surface area (Å²) in [4.78, 5) is 8.91. The minimum absolute atomic E-state index is 0.186. The van der Waals surface area contributed by atoms with Crippen LogP contribution >= 0.6 is 0 Å². The molecule has 0 aliphatic rings. The third-order valence-corrected chi connectivity index (χ3v) is 3.46. The summed E-state index contributed by atoms with van der Waals surface area (Å²) >= 11 is 0. The van der Waals surface area contributed by atoms with Crippen LogP contribution in [-0.2, 0) is 0 Å². The Bertz CT molecular complexity index is 552. The van der Waals surface area contributed by atoms with Crippen molar-refractivity contribution in [3.63, 3.8) is 0 Å². The molecule has 20 heavy (non-hydrogen) atoms. The summed E-state index contributed by atoms with van der Waals surface area (Å²) in [6, 6.07) is 6.14. The SMILES string of the molecule is CCNC(CC)C(C)c1nc(-c2cccc(C)n2)no1. The van der Waals surface area contributed by atoms with E-state index in [1.807, 2.05) is 25.1 Å². The Kier molecular flexibility index (Phi) is 4.84. The molecule has 0 aliphatic heterocycles. The number of aryl methyl sites for hydroxylation is 1. The van der Waals surface area contributed by atoms with E-state index in [-0.39, 0.29) is 5.92 Å². The van der Waals surface area contributed by atoms with Crippen LogP contribution in [-0.4, -0.2) is 27.7 Å². The molecule has 2 heterocycles. The molecule has 5 nitrogen and oxygen atoms in total. The minimum Gasteiger partial charge on any atom is -0.339 e. The van der Waals surface area contributed by atoms with Crippen molar-refractivity contribution in [2.24, 2.45) is 0 Å². The number of nitrogens with zero attached hydrogens (tertiary/aromatic N) is 3. The molecule has 1 N–H and O–H groups in total. The van der Waals surface area contributed by atoms with Gasteiger partial charge in [0, 0.05) is 11.7 Å². The zero-order valence-corrected chi connectivity index (χ0v) is 12.6. The van der Waals surface area contributed by atoms with Gasteiger partial charge in [0.05, 0.1) is 5.92 Å². The first-order chi connectivity index (χ1) is 9.65. The molecule has 0 bridgehead atoms. The fourth-order valence-corrected chi connectivity index (χ4v) is 2.30. The van der Waals surface area contributed by atoms with Crippen LogP contribution in [0, 0.1) is 6.92 Å². The zero-order chi connectivity index (χ0) is 14.5. The summed E-state index contributed by atoms with van der Waals surface area (Å²) in [5.41, 5.74) is 1.70. The van der Waals surface area contributed by atoms with Crippen molar-refractivity contribution in [1.29, 1.82) is 0 Å². The van der Waals surface area contributed by atoms with Crippen LogP contribution < -0.4 is 5.32 Å². The highest BCUT2D eigenvalue weighted by Gasteiger charge is 2.22. The van der Waals surface area contributed by atoms with Gasteiger partial charge >= 0.3 is 0 Å². The Morgan fingerprint density at radius 3 is 2.70 bits per heavy atom. The van der Waals surface area contributed by atoms with Crippen LogP contribution in [0.4, 0.5) is 0 Å². The lowest BCUT2D eigenvalue weighted by atomic mass is 9.99. The smallest absolute Gasteiger partial charge is 0.231 e. The van der Waals surface area contributed by atoms with E-state index in [1.54, 1.807) is 0 Å². The second kappa shape index (κ2) is 6.61. The van der Waals surface area contributed by atoms with E-state index in [9.17, 15) is 0 Å². The number of hydrogen-bond donors (Lipinski definition) is 1. The summed E-state index contributed by atoms with van der Waals surface area (Å²) in [6.07, 6.45) is 1.02. The molecule has 2 unspecified atom stereocenters. The van der Waals surface area contributed by atoms with Crippen molar-refractivity contribution in [2.75, 3.05) is 6.54 Å². The fraction of sp³-hybridized carbons (Fsp3) is 0.533. The van der Waals surface area contributed by atoms with Crippen LogP contribution in [0.25, 0.3) is 11.5 Å². The standard InChI is InChI=1S/C15H22N4O/c1-5-12(16-6-2)11(4)15-18-14(19-20-15)13-9-7-8-10(3)17-13/h7-9,11-12,16H,5-6H2,1-4H3. The second-order valence-corrected chi connectivity index (χ2v) is 4.98. The average Bonchev–Trinajstić information content (AvgIpc) is 2.94. The first kappa shape index (κ1) is 14.7. The zero-order valence-electron chi connectivity index (χ0n) is 12.6. The van der Waals surface area contributed by atoms with Crippen LogP contribution in [0.1, 0.15) is 44.7 Å². The van der Waals surface area contributed by atoms with Crippen molar-refractivity contribution in [1.82, 2.24) is 20.4 Å². The summed E-state index contributed by atoms with van der Waals surface area (Å²) in [5, 5.41) is 7.49. The third kappa shape index (κ3) is 3.22. The third-order valence-electron chi connectivity index (χ3n) is 3.46. The Morgan fingerprint density at radius 2 is 2.05 bits per heavy atom. The molecule has 0 amide bonds. The molecule has 0 spiro atoms. The molecule has 108 valence electrons. The summed E-state index contributed by atoms with van der Waals surface area (Å²) in [5.74, 6) is 1.41. The van der Waals surface area contributed by atoms with E-state index < -0.39 is 0 Å². The van der Waals surface area contributed by atoms with Gasteiger partial charge in [-0.3, -0.25) is 0 Å². The Morgan fingerprint density at radius 1 is 1.25 bits per heavy atom. The van der Waals surface area contributed by atoms with Crippen molar-refractivity contribution in [2.45, 2.75) is 46.1 Å². The molecule has 2 aromatic heterocycles. The molecule has 5 heteroatoms. The van der Waals surface area contributed by atoms with Gasteiger partial charge in [-0.1, -0.05) is 32.0 Å². The number of aromatic nitrogens is 3.